The molecule has 0 saturated carbocycles. The number of rotatable bonds is 4. The molecule has 0 aliphatic carbocycles. The first kappa shape index (κ1) is 19.8. The number of thioether (sulfide) groups is 1. The average molecular weight is 417 g/mol. The zero-order valence-corrected chi connectivity index (χ0v) is 17.8. The number of fused-ring (bicyclic) bond motifs is 1. The van der Waals surface area contributed by atoms with Crippen molar-refractivity contribution < 1.29 is 14.2 Å². The lowest BCUT2D eigenvalue weighted by Gasteiger charge is -2.33. The van der Waals surface area contributed by atoms with Gasteiger partial charge in [0.2, 0.25) is 11.9 Å². The number of guanidine groups is 1. The molecular formula is C19H26N7O2S+. The van der Waals surface area contributed by atoms with Crippen molar-refractivity contribution in [3.8, 4) is 0 Å². The lowest BCUT2D eigenvalue weighted by Crippen LogP contribution is -2.63. The fourth-order valence-corrected chi connectivity index (χ4v) is 4.61. The number of aromatic nitrogens is 2. The SMILES string of the molecule is CC1CC[N+](=C2N=C3C(C(=O)N(C)C(=O)N3C)N2CCSc2ncccn2)CC1. The number of imide groups is 1. The van der Waals surface area contributed by atoms with Gasteiger partial charge in [-0.05, 0) is 24.8 Å². The Morgan fingerprint density at radius 2 is 1.83 bits per heavy atom. The number of likely N-dealkylation sites (N-methyl/N-ethyl adjacent to an activating group) is 2. The summed E-state index contributed by atoms with van der Waals surface area (Å²) in [6, 6.07) is 0.886. The first-order valence-electron chi connectivity index (χ1n) is 9.89. The van der Waals surface area contributed by atoms with Crippen LogP contribution in [0.3, 0.4) is 0 Å². The second kappa shape index (κ2) is 8.10. The number of aliphatic imine (C=N–C) groups is 1. The number of piperidine rings is 1. The van der Waals surface area contributed by atoms with Crippen molar-refractivity contribution in [1.82, 2.24) is 24.7 Å². The van der Waals surface area contributed by atoms with Crippen LogP contribution in [-0.2, 0) is 4.79 Å². The molecule has 3 aliphatic rings. The molecule has 2 fully saturated rings. The fourth-order valence-electron chi connectivity index (χ4n) is 3.87. The van der Waals surface area contributed by atoms with Gasteiger partial charge in [-0.15, -0.1) is 0 Å². The molecule has 1 aromatic heterocycles. The van der Waals surface area contributed by atoms with E-state index in [9.17, 15) is 9.59 Å². The zero-order chi connectivity index (χ0) is 20.5. The van der Waals surface area contributed by atoms with E-state index >= 15 is 0 Å². The lowest BCUT2D eigenvalue weighted by atomic mass is 10.0. The minimum atomic E-state index is -0.561. The molecule has 1 unspecified atom stereocenters. The van der Waals surface area contributed by atoms with Gasteiger partial charge in [-0.2, -0.15) is 0 Å². The third-order valence-corrected chi connectivity index (χ3v) is 6.54. The van der Waals surface area contributed by atoms with Gasteiger partial charge in [-0.3, -0.25) is 19.2 Å². The Hall–Kier alpha value is -2.49. The summed E-state index contributed by atoms with van der Waals surface area (Å²) in [6.45, 7) is 4.70. The molecular weight excluding hydrogens is 390 g/mol. The molecule has 0 aromatic carbocycles. The molecule has 0 N–H and O–H groups in total. The Morgan fingerprint density at radius 1 is 1.14 bits per heavy atom. The van der Waals surface area contributed by atoms with E-state index in [-0.39, 0.29) is 11.9 Å². The van der Waals surface area contributed by atoms with E-state index in [2.05, 4.69) is 21.5 Å². The van der Waals surface area contributed by atoms with Crippen molar-refractivity contribution in [3.05, 3.63) is 18.5 Å². The summed E-state index contributed by atoms with van der Waals surface area (Å²) in [5.74, 6) is 2.50. The van der Waals surface area contributed by atoms with E-state index in [1.54, 1.807) is 37.3 Å². The lowest BCUT2D eigenvalue weighted by molar-refractivity contribution is -0.545. The summed E-state index contributed by atoms with van der Waals surface area (Å²) in [5, 5.41) is 0.709. The molecule has 2 saturated heterocycles. The zero-order valence-electron chi connectivity index (χ0n) is 17.0. The molecule has 0 radical (unpaired) electrons. The van der Waals surface area contributed by atoms with Gasteiger partial charge in [-0.25, -0.2) is 19.7 Å². The largest absolute Gasteiger partial charge is 0.392 e. The Bertz CT molecular complexity index is 863. The molecule has 3 aliphatic heterocycles. The summed E-state index contributed by atoms with van der Waals surface area (Å²) >= 11 is 1.55. The minimum absolute atomic E-state index is 0.229. The fraction of sp³-hybridized carbons (Fsp3) is 0.579. The summed E-state index contributed by atoms with van der Waals surface area (Å²) in [4.78, 5) is 43.4. The highest BCUT2D eigenvalue weighted by molar-refractivity contribution is 7.99. The van der Waals surface area contributed by atoms with Crippen LogP contribution in [0.2, 0.25) is 0 Å². The van der Waals surface area contributed by atoms with Crippen LogP contribution in [0, 0.1) is 5.92 Å². The maximum atomic E-state index is 13.0. The first-order valence-corrected chi connectivity index (χ1v) is 10.9. The van der Waals surface area contributed by atoms with Crippen LogP contribution in [0.15, 0.2) is 28.6 Å². The second-order valence-corrected chi connectivity index (χ2v) is 8.72. The van der Waals surface area contributed by atoms with E-state index in [1.165, 1.54) is 16.8 Å². The number of amides is 3. The molecule has 1 aromatic rings. The van der Waals surface area contributed by atoms with Crippen LogP contribution in [-0.4, -0.2) is 98.5 Å². The van der Waals surface area contributed by atoms with Gasteiger partial charge in [0.15, 0.2) is 5.16 Å². The van der Waals surface area contributed by atoms with Crippen LogP contribution >= 0.6 is 11.8 Å². The number of hydrogen-bond donors (Lipinski definition) is 0. The highest BCUT2D eigenvalue weighted by Gasteiger charge is 2.55. The standard InChI is InChI=1S/C19H26N7O2S/c1-13-5-9-25(10-6-13)18-22-15-14(16(27)24(3)19(28)23(15)2)26(18)11-12-29-17-20-7-4-8-21-17/h4,7-8,13-14H,5-6,9-12H2,1-3H3/q+1. The maximum Gasteiger partial charge on any atom is 0.392 e. The molecule has 9 nitrogen and oxygen atoms in total. The molecule has 0 bridgehead atoms. The first-order chi connectivity index (χ1) is 14.0. The van der Waals surface area contributed by atoms with Crippen molar-refractivity contribution in [2.75, 3.05) is 39.5 Å². The Balaban J connectivity index is 1.61. The molecule has 1 atom stereocenters. The predicted molar refractivity (Wildman–Crippen MR) is 110 cm³/mol. The monoisotopic (exact) mass is 416 g/mol. The smallest absolute Gasteiger partial charge is 0.270 e. The van der Waals surface area contributed by atoms with E-state index in [0.29, 0.717) is 29.2 Å². The van der Waals surface area contributed by atoms with Gasteiger partial charge in [-0.1, -0.05) is 23.7 Å². The Morgan fingerprint density at radius 3 is 2.52 bits per heavy atom. The second-order valence-electron chi connectivity index (χ2n) is 7.65. The average Bonchev–Trinajstić information content (AvgIpc) is 3.12. The van der Waals surface area contributed by atoms with Gasteiger partial charge < -0.3 is 0 Å². The van der Waals surface area contributed by atoms with Crippen LogP contribution in [0.4, 0.5) is 4.79 Å². The number of nitrogens with zero attached hydrogens (tertiary/aromatic N) is 7. The predicted octanol–water partition coefficient (Wildman–Crippen LogP) is 0.974. The number of urea groups is 1. The van der Waals surface area contributed by atoms with Crippen molar-refractivity contribution in [2.45, 2.75) is 31.0 Å². The molecule has 4 rings (SSSR count). The summed E-state index contributed by atoms with van der Waals surface area (Å²) in [5.41, 5.74) is 0. The number of hydrogen-bond acceptors (Lipinski definition) is 5. The van der Waals surface area contributed by atoms with Crippen LogP contribution in [0.5, 0.6) is 0 Å². The van der Waals surface area contributed by atoms with Crippen molar-refractivity contribution in [2.24, 2.45) is 10.9 Å². The van der Waals surface area contributed by atoms with Gasteiger partial charge >= 0.3 is 12.0 Å². The molecule has 10 heteroatoms. The van der Waals surface area contributed by atoms with Crippen LogP contribution < -0.4 is 0 Å². The van der Waals surface area contributed by atoms with Crippen LogP contribution in [0.1, 0.15) is 19.8 Å². The number of carbonyl (C=O) groups is 2. The highest BCUT2D eigenvalue weighted by Crippen LogP contribution is 2.25. The Labute approximate surface area is 174 Å². The summed E-state index contributed by atoms with van der Waals surface area (Å²) in [7, 11) is 3.21. The van der Waals surface area contributed by atoms with Crippen molar-refractivity contribution in [3.63, 3.8) is 0 Å². The summed E-state index contributed by atoms with van der Waals surface area (Å²) in [6.07, 6.45) is 5.64. The van der Waals surface area contributed by atoms with Crippen molar-refractivity contribution in [1.29, 1.82) is 0 Å². The van der Waals surface area contributed by atoms with Crippen molar-refractivity contribution >= 4 is 35.5 Å². The van der Waals surface area contributed by atoms with Crippen LogP contribution in [0.25, 0.3) is 0 Å². The van der Waals surface area contributed by atoms with Gasteiger partial charge in [0.1, 0.15) is 0 Å². The maximum absolute atomic E-state index is 13.0. The van der Waals surface area contributed by atoms with Gasteiger partial charge in [0.05, 0.1) is 19.6 Å². The van der Waals surface area contributed by atoms with E-state index < -0.39 is 6.04 Å². The van der Waals surface area contributed by atoms with Gasteiger partial charge in [0, 0.05) is 32.2 Å². The number of amidine groups is 1. The molecule has 3 amide bonds. The van der Waals surface area contributed by atoms with E-state index in [0.717, 1.165) is 31.9 Å². The molecule has 154 valence electrons. The summed E-state index contributed by atoms with van der Waals surface area (Å²) < 4.78 is 2.25. The quantitative estimate of drug-likeness (QED) is 0.413. The minimum Gasteiger partial charge on any atom is -0.270 e. The third kappa shape index (κ3) is 3.73. The normalized spacial score (nSPS) is 24.9. The van der Waals surface area contributed by atoms with E-state index in [1.807, 2.05) is 4.90 Å². The Kier molecular flexibility index (Phi) is 5.53. The molecule has 29 heavy (non-hydrogen) atoms. The third-order valence-electron chi connectivity index (χ3n) is 5.68. The van der Waals surface area contributed by atoms with E-state index in [4.69, 9.17) is 4.99 Å². The van der Waals surface area contributed by atoms with Gasteiger partial charge in [0.25, 0.3) is 5.91 Å². The highest BCUT2D eigenvalue weighted by atomic mass is 32.2. The molecule has 4 heterocycles. The molecule has 0 spiro atoms. The number of carbonyl (C=O) groups excluding carboxylic acids is 2. The topological polar surface area (TPSA) is 85.0 Å².